The van der Waals surface area contributed by atoms with E-state index in [0.29, 0.717) is 22.4 Å². The van der Waals surface area contributed by atoms with Crippen molar-refractivity contribution >= 4 is 51.6 Å². The van der Waals surface area contributed by atoms with Crippen LogP contribution in [0.3, 0.4) is 0 Å². The first-order valence-corrected chi connectivity index (χ1v) is 11.8. The lowest BCUT2D eigenvalue weighted by Crippen LogP contribution is -2.23. The molecular formula is C25H21ClF3N3O3S. The Balaban J connectivity index is 1.96. The maximum Gasteiger partial charge on any atom is 0.416 e. The van der Waals surface area contributed by atoms with E-state index in [1.807, 2.05) is 0 Å². The van der Waals surface area contributed by atoms with E-state index in [1.54, 1.807) is 43.3 Å². The van der Waals surface area contributed by atoms with Gasteiger partial charge >= 0.3 is 6.18 Å². The summed E-state index contributed by atoms with van der Waals surface area (Å²) in [5.41, 5.74) is -0.681. The van der Waals surface area contributed by atoms with Crippen LogP contribution in [0.15, 0.2) is 83.0 Å². The molecule has 36 heavy (non-hydrogen) atoms. The molecule has 1 amide bonds. The zero-order chi connectivity index (χ0) is 26.5. The van der Waals surface area contributed by atoms with Crippen LogP contribution in [0.1, 0.15) is 12.5 Å². The van der Waals surface area contributed by atoms with Gasteiger partial charge in [0, 0.05) is 0 Å². The number of allylic oxidation sites excluding steroid dienone is 5. The molecule has 1 aromatic heterocycles. The third-order valence-corrected chi connectivity index (χ3v) is 6.19. The van der Waals surface area contributed by atoms with E-state index in [-0.39, 0.29) is 27.2 Å². The summed E-state index contributed by atoms with van der Waals surface area (Å²) in [5.74, 6) is -0.300. The number of carbonyl (C=O) groups is 1. The maximum atomic E-state index is 13.3. The molecule has 188 valence electrons. The lowest BCUT2D eigenvalue weighted by molar-refractivity contribution is -0.137. The number of ether oxygens (including phenoxy) is 1. The first kappa shape index (κ1) is 27.1. The predicted octanol–water partition coefficient (Wildman–Crippen LogP) is 6.38. The highest BCUT2D eigenvalue weighted by molar-refractivity contribution is 7.99. The van der Waals surface area contributed by atoms with Gasteiger partial charge in [-0.25, -0.2) is 4.98 Å². The summed E-state index contributed by atoms with van der Waals surface area (Å²) in [5, 5.41) is 2.90. The Labute approximate surface area is 214 Å². The number of nitrogens with one attached hydrogen (secondary N) is 1. The number of thioether (sulfide) groups is 1. The van der Waals surface area contributed by atoms with Crippen LogP contribution in [0, 0.1) is 0 Å². The minimum atomic E-state index is -4.59. The molecule has 0 fully saturated rings. The molecule has 0 bridgehead atoms. The van der Waals surface area contributed by atoms with Gasteiger partial charge in [-0.15, -0.1) is 0 Å². The first-order valence-electron chi connectivity index (χ1n) is 10.4. The summed E-state index contributed by atoms with van der Waals surface area (Å²) >= 11 is 6.91. The highest BCUT2D eigenvalue weighted by atomic mass is 35.5. The molecule has 0 saturated carbocycles. The number of anilines is 1. The van der Waals surface area contributed by atoms with E-state index in [4.69, 9.17) is 16.3 Å². The summed E-state index contributed by atoms with van der Waals surface area (Å²) < 4.78 is 45.5. The SMILES string of the molecule is C=C/C(=C\C=C(/C)OC)n1c(SCC(=O)Nc2cc(C(F)(F)F)ccc2Cl)nc2ccccc2c1=O. The Morgan fingerprint density at radius 1 is 1.25 bits per heavy atom. The number of aromatic nitrogens is 2. The van der Waals surface area contributed by atoms with Crippen LogP contribution in [0.4, 0.5) is 18.9 Å². The predicted molar refractivity (Wildman–Crippen MR) is 137 cm³/mol. The molecule has 3 rings (SSSR count). The van der Waals surface area contributed by atoms with Gasteiger partial charge in [-0.1, -0.05) is 42.1 Å². The quantitative estimate of drug-likeness (QED) is 0.157. The average molecular weight is 536 g/mol. The van der Waals surface area contributed by atoms with Gasteiger partial charge in [0.05, 0.1) is 51.5 Å². The first-order chi connectivity index (χ1) is 17.0. The molecule has 0 spiro atoms. The van der Waals surface area contributed by atoms with Crippen molar-refractivity contribution < 1.29 is 22.7 Å². The summed E-state index contributed by atoms with van der Waals surface area (Å²) in [6.45, 7) is 5.50. The van der Waals surface area contributed by atoms with Gasteiger partial charge < -0.3 is 10.1 Å². The second-order valence-electron chi connectivity index (χ2n) is 7.36. The van der Waals surface area contributed by atoms with Crippen molar-refractivity contribution in [2.45, 2.75) is 18.3 Å². The topological polar surface area (TPSA) is 73.2 Å². The van der Waals surface area contributed by atoms with Gasteiger partial charge in [-0.2, -0.15) is 13.2 Å². The second kappa shape index (κ2) is 11.5. The highest BCUT2D eigenvalue weighted by Gasteiger charge is 2.31. The van der Waals surface area contributed by atoms with E-state index in [0.717, 1.165) is 30.0 Å². The molecule has 1 heterocycles. The lowest BCUT2D eigenvalue weighted by Gasteiger charge is -2.14. The molecular weight excluding hydrogens is 515 g/mol. The summed E-state index contributed by atoms with van der Waals surface area (Å²) in [7, 11) is 1.51. The number of fused-ring (bicyclic) bond motifs is 1. The molecule has 0 saturated heterocycles. The third kappa shape index (κ3) is 6.38. The van der Waals surface area contributed by atoms with Gasteiger partial charge in [0.1, 0.15) is 0 Å². The van der Waals surface area contributed by atoms with Crippen molar-refractivity contribution in [1.82, 2.24) is 9.55 Å². The third-order valence-electron chi connectivity index (χ3n) is 4.92. The number of alkyl halides is 3. The molecule has 0 aliphatic heterocycles. The van der Waals surface area contributed by atoms with Crippen molar-refractivity contribution in [3.05, 3.63) is 94.0 Å². The minimum Gasteiger partial charge on any atom is -0.501 e. The van der Waals surface area contributed by atoms with Gasteiger partial charge in [-0.3, -0.25) is 14.2 Å². The second-order valence-corrected chi connectivity index (χ2v) is 8.71. The Morgan fingerprint density at radius 3 is 2.64 bits per heavy atom. The van der Waals surface area contributed by atoms with Gasteiger partial charge in [0.2, 0.25) is 5.91 Å². The van der Waals surface area contributed by atoms with E-state index < -0.39 is 17.6 Å². The number of halogens is 4. The molecule has 1 N–H and O–H groups in total. The molecule has 0 atom stereocenters. The van der Waals surface area contributed by atoms with Gasteiger partial charge in [0.25, 0.3) is 5.56 Å². The average Bonchev–Trinajstić information content (AvgIpc) is 2.84. The number of methoxy groups -OCH3 is 1. The normalized spacial score (nSPS) is 12.5. The fourth-order valence-corrected chi connectivity index (χ4v) is 4.03. The van der Waals surface area contributed by atoms with Crippen LogP contribution >= 0.6 is 23.4 Å². The van der Waals surface area contributed by atoms with Crippen molar-refractivity contribution in [3.8, 4) is 0 Å². The lowest BCUT2D eigenvalue weighted by atomic mass is 10.2. The van der Waals surface area contributed by atoms with E-state index in [9.17, 15) is 22.8 Å². The van der Waals surface area contributed by atoms with Gasteiger partial charge in [0.15, 0.2) is 5.16 Å². The molecule has 11 heteroatoms. The van der Waals surface area contributed by atoms with E-state index >= 15 is 0 Å². The van der Waals surface area contributed by atoms with Crippen LogP contribution in [-0.4, -0.2) is 28.3 Å². The van der Waals surface area contributed by atoms with Crippen molar-refractivity contribution in [3.63, 3.8) is 0 Å². The molecule has 0 aliphatic rings. The van der Waals surface area contributed by atoms with Crippen LogP contribution in [0.5, 0.6) is 0 Å². The summed E-state index contributed by atoms with van der Waals surface area (Å²) in [6, 6.07) is 9.39. The zero-order valence-electron chi connectivity index (χ0n) is 19.2. The maximum absolute atomic E-state index is 13.3. The summed E-state index contributed by atoms with van der Waals surface area (Å²) in [6.07, 6.45) is 0.141. The molecule has 2 aromatic carbocycles. The van der Waals surface area contributed by atoms with Crippen LogP contribution in [0.2, 0.25) is 5.02 Å². The number of benzene rings is 2. The molecule has 0 radical (unpaired) electrons. The van der Waals surface area contributed by atoms with Gasteiger partial charge in [-0.05, 0) is 55.5 Å². The Kier molecular flexibility index (Phi) is 8.65. The highest BCUT2D eigenvalue weighted by Crippen LogP contribution is 2.34. The van der Waals surface area contributed by atoms with Crippen molar-refractivity contribution in [2.75, 3.05) is 18.2 Å². The zero-order valence-corrected chi connectivity index (χ0v) is 20.8. The number of hydrogen-bond donors (Lipinski definition) is 1. The number of para-hydroxylation sites is 1. The van der Waals surface area contributed by atoms with Crippen molar-refractivity contribution in [1.29, 1.82) is 0 Å². The minimum absolute atomic E-state index is 0.0423. The number of rotatable bonds is 8. The standard InChI is InChI=1S/C25H21ClF3N3O3S/c1-4-17(11-9-15(2)35-3)32-23(34)18-7-5-6-8-20(18)31-24(32)36-14-22(33)30-21-13-16(25(27,28)29)10-12-19(21)26/h4-13H,1,14H2,2-3H3,(H,30,33)/b15-9+,17-11+. The number of amides is 1. The molecule has 0 unspecified atom stereocenters. The fourth-order valence-electron chi connectivity index (χ4n) is 3.06. The molecule has 0 aliphatic carbocycles. The number of nitrogens with zero attached hydrogens (tertiary/aromatic N) is 2. The number of carbonyl (C=O) groups excluding carboxylic acids is 1. The van der Waals surface area contributed by atoms with Crippen molar-refractivity contribution in [2.24, 2.45) is 0 Å². The molecule has 6 nitrogen and oxygen atoms in total. The summed E-state index contributed by atoms with van der Waals surface area (Å²) in [4.78, 5) is 30.5. The van der Waals surface area contributed by atoms with E-state index in [2.05, 4.69) is 16.9 Å². The molecule has 3 aromatic rings. The van der Waals surface area contributed by atoms with Crippen LogP contribution in [0.25, 0.3) is 16.6 Å². The smallest absolute Gasteiger partial charge is 0.416 e. The van der Waals surface area contributed by atoms with E-state index in [1.165, 1.54) is 17.8 Å². The number of hydrogen-bond acceptors (Lipinski definition) is 5. The largest absolute Gasteiger partial charge is 0.501 e. The fraction of sp³-hybridized carbons (Fsp3) is 0.160. The Morgan fingerprint density at radius 2 is 1.97 bits per heavy atom. The van der Waals surface area contributed by atoms with Crippen LogP contribution in [-0.2, 0) is 15.7 Å². The monoisotopic (exact) mass is 535 g/mol. The van der Waals surface area contributed by atoms with Crippen LogP contribution < -0.4 is 10.9 Å². The Hall–Kier alpha value is -3.50. The Bertz CT molecular complexity index is 1430.